The number of amides is 1. The van der Waals surface area contributed by atoms with Gasteiger partial charge in [-0.05, 0) is 33.3 Å². The van der Waals surface area contributed by atoms with Gasteiger partial charge in [0, 0.05) is 17.9 Å². The SMILES string of the molecule is CC(C)(C)OC(=O)NCCC1=CCC([N+](=O)[O-])C=C1. The van der Waals surface area contributed by atoms with Gasteiger partial charge < -0.3 is 10.1 Å². The summed E-state index contributed by atoms with van der Waals surface area (Å²) >= 11 is 0. The average Bonchev–Trinajstić information content (AvgIpc) is 2.27. The Balaban J connectivity index is 2.26. The molecule has 0 fully saturated rings. The van der Waals surface area contributed by atoms with E-state index in [1.165, 1.54) is 0 Å². The molecule has 0 aromatic rings. The van der Waals surface area contributed by atoms with Gasteiger partial charge in [0.25, 0.3) is 0 Å². The zero-order valence-electron chi connectivity index (χ0n) is 11.5. The second-order valence-corrected chi connectivity index (χ2v) is 5.41. The Morgan fingerprint density at radius 3 is 2.74 bits per heavy atom. The highest BCUT2D eigenvalue weighted by Gasteiger charge is 2.18. The molecule has 1 aliphatic rings. The van der Waals surface area contributed by atoms with Crippen LogP contribution in [0.25, 0.3) is 0 Å². The number of ether oxygens (including phenoxy) is 1. The van der Waals surface area contributed by atoms with Crippen LogP contribution in [0.3, 0.4) is 0 Å². The van der Waals surface area contributed by atoms with E-state index in [9.17, 15) is 14.9 Å². The monoisotopic (exact) mass is 268 g/mol. The lowest BCUT2D eigenvalue weighted by atomic mass is 10.0. The molecular formula is C13H20N2O4. The number of hydrogen-bond acceptors (Lipinski definition) is 4. The second-order valence-electron chi connectivity index (χ2n) is 5.41. The van der Waals surface area contributed by atoms with Gasteiger partial charge in [0.1, 0.15) is 5.60 Å². The van der Waals surface area contributed by atoms with Crippen LogP contribution in [0.15, 0.2) is 23.8 Å². The van der Waals surface area contributed by atoms with Crippen LogP contribution in [0.1, 0.15) is 33.6 Å². The Morgan fingerprint density at radius 1 is 1.58 bits per heavy atom. The first-order valence-electron chi connectivity index (χ1n) is 6.25. The molecule has 1 rings (SSSR count). The van der Waals surface area contributed by atoms with Crippen molar-refractivity contribution >= 4 is 6.09 Å². The Morgan fingerprint density at radius 2 is 2.26 bits per heavy atom. The third-order valence-electron chi connectivity index (χ3n) is 2.51. The van der Waals surface area contributed by atoms with Crippen LogP contribution in [0.2, 0.25) is 0 Å². The lowest BCUT2D eigenvalue weighted by Crippen LogP contribution is -2.33. The fraction of sp³-hybridized carbons (Fsp3) is 0.615. The van der Waals surface area contributed by atoms with Crippen LogP contribution in [0.4, 0.5) is 4.79 Å². The highest BCUT2D eigenvalue weighted by Crippen LogP contribution is 2.15. The molecule has 0 saturated heterocycles. The molecule has 0 saturated carbocycles. The maximum absolute atomic E-state index is 11.4. The molecule has 6 nitrogen and oxygen atoms in total. The number of hydrogen-bond donors (Lipinski definition) is 1. The predicted molar refractivity (Wildman–Crippen MR) is 71.5 cm³/mol. The third kappa shape index (κ3) is 6.03. The van der Waals surface area contributed by atoms with Crippen molar-refractivity contribution in [2.75, 3.05) is 6.54 Å². The molecule has 1 aliphatic carbocycles. The van der Waals surface area contributed by atoms with Gasteiger partial charge >= 0.3 is 6.09 Å². The molecule has 1 amide bonds. The number of nitro groups is 1. The van der Waals surface area contributed by atoms with Crippen molar-refractivity contribution in [3.8, 4) is 0 Å². The minimum Gasteiger partial charge on any atom is -0.444 e. The molecule has 0 spiro atoms. The van der Waals surface area contributed by atoms with Gasteiger partial charge in [-0.1, -0.05) is 17.7 Å². The summed E-state index contributed by atoms with van der Waals surface area (Å²) in [6.45, 7) is 5.86. The van der Waals surface area contributed by atoms with E-state index in [1.807, 2.05) is 6.08 Å². The lowest BCUT2D eigenvalue weighted by molar-refractivity contribution is -0.508. The number of nitrogens with zero attached hydrogens (tertiary/aromatic N) is 1. The van der Waals surface area contributed by atoms with Crippen molar-refractivity contribution in [2.45, 2.75) is 45.3 Å². The quantitative estimate of drug-likeness (QED) is 0.627. The van der Waals surface area contributed by atoms with E-state index in [4.69, 9.17) is 4.74 Å². The van der Waals surface area contributed by atoms with Crippen molar-refractivity contribution in [3.05, 3.63) is 33.9 Å². The zero-order chi connectivity index (χ0) is 14.5. The Kier molecular flexibility index (Phi) is 5.09. The van der Waals surface area contributed by atoms with Crippen molar-refractivity contribution in [2.24, 2.45) is 0 Å². The molecule has 0 bridgehead atoms. The summed E-state index contributed by atoms with van der Waals surface area (Å²) in [7, 11) is 0. The van der Waals surface area contributed by atoms with E-state index in [1.54, 1.807) is 32.9 Å². The maximum atomic E-state index is 11.4. The molecule has 1 N–H and O–H groups in total. The van der Waals surface area contributed by atoms with Gasteiger partial charge in [0.2, 0.25) is 6.04 Å². The van der Waals surface area contributed by atoms with Gasteiger partial charge in [0.15, 0.2) is 0 Å². The van der Waals surface area contributed by atoms with Gasteiger partial charge in [-0.3, -0.25) is 10.1 Å². The van der Waals surface area contributed by atoms with Gasteiger partial charge in [0.05, 0.1) is 0 Å². The largest absolute Gasteiger partial charge is 0.444 e. The minimum atomic E-state index is -0.623. The van der Waals surface area contributed by atoms with E-state index in [2.05, 4.69) is 5.32 Å². The van der Waals surface area contributed by atoms with Crippen LogP contribution < -0.4 is 5.32 Å². The number of carbonyl (C=O) groups excluding carboxylic acids is 1. The molecule has 19 heavy (non-hydrogen) atoms. The summed E-state index contributed by atoms with van der Waals surface area (Å²) < 4.78 is 5.10. The van der Waals surface area contributed by atoms with Gasteiger partial charge in [-0.15, -0.1) is 0 Å². The second kappa shape index (κ2) is 6.36. The topological polar surface area (TPSA) is 81.5 Å². The number of allylic oxidation sites excluding steroid dienone is 1. The maximum Gasteiger partial charge on any atom is 0.407 e. The Hall–Kier alpha value is -1.85. The fourth-order valence-corrected chi connectivity index (χ4v) is 1.62. The molecule has 0 heterocycles. The normalized spacial score (nSPS) is 18.7. The van der Waals surface area contributed by atoms with E-state index in [-0.39, 0.29) is 4.92 Å². The molecule has 1 atom stereocenters. The lowest BCUT2D eigenvalue weighted by Gasteiger charge is -2.19. The highest BCUT2D eigenvalue weighted by molar-refractivity contribution is 5.67. The van der Waals surface area contributed by atoms with Crippen LogP contribution in [0.5, 0.6) is 0 Å². The first kappa shape index (κ1) is 15.2. The average molecular weight is 268 g/mol. The smallest absolute Gasteiger partial charge is 0.407 e. The van der Waals surface area contributed by atoms with Crippen molar-refractivity contribution in [1.29, 1.82) is 0 Å². The summed E-state index contributed by atoms with van der Waals surface area (Å²) in [5.74, 6) is 0. The molecule has 106 valence electrons. The van der Waals surface area contributed by atoms with Crippen molar-refractivity contribution in [1.82, 2.24) is 5.32 Å². The van der Waals surface area contributed by atoms with E-state index in [0.29, 0.717) is 19.4 Å². The molecule has 0 aliphatic heterocycles. The standard InChI is InChI=1S/C13H20N2O4/c1-13(2,3)19-12(16)14-9-8-10-4-6-11(7-5-10)15(17)18/h4-6,11H,7-9H2,1-3H3,(H,14,16). The summed E-state index contributed by atoms with van der Waals surface area (Å²) in [5, 5.41) is 13.2. The predicted octanol–water partition coefficient (Wildman–Crippen LogP) is 2.43. The van der Waals surface area contributed by atoms with E-state index in [0.717, 1.165) is 5.57 Å². The number of nitrogens with one attached hydrogen (secondary N) is 1. The highest BCUT2D eigenvalue weighted by atomic mass is 16.6. The zero-order valence-corrected chi connectivity index (χ0v) is 11.5. The molecule has 6 heteroatoms. The van der Waals surface area contributed by atoms with Crippen molar-refractivity contribution in [3.63, 3.8) is 0 Å². The fourth-order valence-electron chi connectivity index (χ4n) is 1.62. The minimum absolute atomic E-state index is 0.303. The number of alkyl carbamates (subject to hydrolysis) is 1. The van der Waals surface area contributed by atoms with E-state index >= 15 is 0 Å². The van der Waals surface area contributed by atoms with Crippen LogP contribution >= 0.6 is 0 Å². The number of carbonyl (C=O) groups is 1. The molecular weight excluding hydrogens is 248 g/mol. The van der Waals surface area contributed by atoms with Crippen molar-refractivity contribution < 1.29 is 14.5 Å². The van der Waals surface area contributed by atoms with Crippen LogP contribution in [0, 0.1) is 10.1 Å². The van der Waals surface area contributed by atoms with Crippen LogP contribution in [-0.4, -0.2) is 29.2 Å². The van der Waals surface area contributed by atoms with Gasteiger partial charge in [-0.25, -0.2) is 4.79 Å². The Bertz CT molecular complexity index is 407. The summed E-state index contributed by atoms with van der Waals surface area (Å²) in [6, 6.07) is -0.623. The first-order chi connectivity index (χ1) is 8.78. The third-order valence-corrected chi connectivity index (χ3v) is 2.51. The summed E-state index contributed by atoms with van der Waals surface area (Å²) in [5.41, 5.74) is 0.488. The van der Waals surface area contributed by atoms with Gasteiger partial charge in [-0.2, -0.15) is 0 Å². The molecule has 0 aromatic carbocycles. The first-order valence-corrected chi connectivity index (χ1v) is 6.25. The molecule has 0 radical (unpaired) electrons. The van der Waals surface area contributed by atoms with E-state index < -0.39 is 17.7 Å². The molecule has 1 unspecified atom stereocenters. The number of rotatable bonds is 4. The van der Waals surface area contributed by atoms with Crippen LogP contribution in [-0.2, 0) is 4.74 Å². The molecule has 0 aromatic heterocycles. The Labute approximate surface area is 112 Å². The summed E-state index contributed by atoms with van der Waals surface area (Å²) in [4.78, 5) is 21.6. The summed E-state index contributed by atoms with van der Waals surface area (Å²) in [6.07, 6.45) is 5.77.